The molecule has 0 atom stereocenters. The zero-order valence-corrected chi connectivity index (χ0v) is 49.9. The van der Waals surface area contributed by atoms with E-state index in [1.807, 2.05) is 0 Å². The minimum absolute atomic E-state index is 1.07. The summed E-state index contributed by atoms with van der Waals surface area (Å²) in [5.41, 5.74) is 27.2. The van der Waals surface area contributed by atoms with E-state index in [0.29, 0.717) is 0 Å². The normalized spacial score (nSPS) is 12.9. The SMILES string of the molecule is c1ccc(-c2ccc(N3c4cc(-c5ccccc5)c(-c5ccccc5)cc4N(c4ccc(-c5ccccc5)cc4)[Si]34N(c3ccc(-c5ccccc5)cc3)c3cc(-c5ccccc5)c(-c5ccccc5)cc3N4c3ccc(-c4ccccc4)cc3)cc2)cc1. The van der Waals surface area contributed by atoms with Crippen molar-refractivity contribution in [2.75, 3.05) is 18.3 Å². The summed E-state index contributed by atoms with van der Waals surface area (Å²) in [6, 6.07) is 135. The van der Waals surface area contributed by atoms with Crippen molar-refractivity contribution in [3.63, 3.8) is 0 Å². The van der Waals surface area contributed by atoms with Crippen molar-refractivity contribution in [1.82, 2.24) is 0 Å². The molecular weight excluding hydrogens is 1090 g/mol. The summed E-state index contributed by atoms with van der Waals surface area (Å²) in [5.74, 6) is 0. The monoisotopic (exact) mass is 1150 g/mol. The van der Waals surface area contributed by atoms with Crippen LogP contribution in [-0.2, 0) is 0 Å². The molecule has 2 aliphatic heterocycles. The highest BCUT2D eigenvalue weighted by Gasteiger charge is 2.70. The lowest BCUT2D eigenvalue weighted by molar-refractivity contribution is 1.18. The van der Waals surface area contributed by atoms with Gasteiger partial charge in [0, 0.05) is 22.7 Å². The van der Waals surface area contributed by atoms with Crippen LogP contribution in [0.2, 0.25) is 0 Å². The maximum Gasteiger partial charge on any atom is 0.521 e. The molecule has 420 valence electrons. The predicted molar refractivity (Wildman–Crippen MR) is 376 cm³/mol. The average Bonchev–Trinajstić information content (AvgIpc) is 1.50. The van der Waals surface area contributed by atoms with Crippen LogP contribution in [0.4, 0.5) is 45.5 Å². The Hall–Kier alpha value is -11.5. The summed E-state index contributed by atoms with van der Waals surface area (Å²) < 4.78 is 11.1. The fraction of sp³-hybridized carbons (Fsp3) is 0. The Balaban J connectivity index is 1.08. The third-order valence-electron chi connectivity index (χ3n) is 17.7. The van der Waals surface area contributed by atoms with E-state index in [-0.39, 0.29) is 0 Å². The molecule has 0 radical (unpaired) electrons. The van der Waals surface area contributed by atoms with E-state index in [0.717, 1.165) is 112 Å². The Labute approximate surface area is 522 Å². The molecule has 0 amide bonds. The van der Waals surface area contributed by atoms with Crippen LogP contribution in [0, 0.1) is 0 Å². The molecule has 4 nitrogen and oxygen atoms in total. The van der Waals surface area contributed by atoms with Crippen LogP contribution in [0.5, 0.6) is 0 Å². The van der Waals surface area contributed by atoms with Crippen molar-refractivity contribution in [3.8, 4) is 89.0 Å². The second kappa shape index (κ2) is 22.7. The van der Waals surface area contributed by atoms with Gasteiger partial charge in [-0.1, -0.05) is 291 Å². The van der Waals surface area contributed by atoms with Crippen molar-refractivity contribution in [2.24, 2.45) is 0 Å². The Morgan fingerprint density at radius 3 is 0.461 bits per heavy atom. The van der Waals surface area contributed by atoms with Gasteiger partial charge in [-0.05, 0) is 162 Å². The second-order valence-electron chi connectivity index (χ2n) is 22.8. The molecule has 0 saturated carbocycles. The quantitative estimate of drug-likeness (QED) is 0.113. The van der Waals surface area contributed by atoms with Gasteiger partial charge in [0.05, 0.1) is 22.7 Å². The highest BCUT2D eigenvalue weighted by Crippen LogP contribution is 2.64. The smallest absolute Gasteiger partial charge is 0.314 e. The van der Waals surface area contributed by atoms with Gasteiger partial charge >= 0.3 is 8.72 Å². The van der Waals surface area contributed by atoms with Crippen LogP contribution in [0.3, 0.4) is 0 Å². The minimum Gasteiger partial charge on any atom is -0.314 e. The van der Waals surface area contributed by atoms with Gasteiger partial charge in [-0.25, -0.2) is 0 Å². The summed E-state index contributed by atoms with van der Waals surface area (Å²) >= 11 is 0. The van der Waals surface area contributed by atoms with E-state index in [9.17, 15) is 0 Å². The summed E-state index contributed by atoms with van der Waals surface area (Å²) in [7, 11) is -4.11. The molecule has 0 aromatic heterocycles. The van der Waals surface area contributed by atoms with Gasteiger partial charge in [-0.2, -0.15) is 0 Å². The lowest BCUT2D eigenvalue weighted by atomic mass is 9.93. The van der Waals surface area contributed by atoms with Gasteiger partial charge in [0.25, 0.3) is 0 Å². The third kappa shape index (κ3) is 9.40. The predicted octanol–water partition coefficient (Wildman–Crippen LogP) is 22.7. The van der Waals surface area contributed by atoms with E-state index in [1.54, 1.807) is 0 Å². The molecule has 14 aromatic rings. The van der Waals surface area contributed by atoms with Gasteiger partial charge in [0.15, 0.2) is 0 Å². The molecule has 1 spiro atoms. The molecule has 0 saturated heterocycles. The first-order chi connectivity index (χ1) is 44.2. The number of fused-ring (bicyclic) bond motifs is 2. The van der Waals surface area contributed by atoms with E-state index >= 15 is 0 Å². The molecule has 5 heteroatoms. The molecule has 0 fully saturated rings. The molecule has 0 aliphatic carbocycles. The number of benzene rings is 14. The molecule has 0 N–H and O–H groups in total. The average molecular weight is 1150 g/mol. The van der Waals surface area contributed by atoms with Crippen LogP contribution >= 0.6 is 0 Å². The largest absolute Gasteiger partial charge is 0.521 e. The molecule has 2 heterocycles. The molecule has 2 aliphatic rings. The lowest BCUT2D eigenvalue weighted by Gasteiger charge is -2.49. The molecular formula is C84H60N4Si. The number of anilines is 8. The van der Waals surface area contributed by atoms with Gasteiger partial charge in [-0.3, -0.25) is 0 Å². The van der Waals surface area contributed by atoms with E-state index < -0.39 is 8.72 Å². The fourth-order valence-electron chi connectivity index (χ4n) is 13.5. The molecule has 14 aromatic carbocycles. The topological polar surface area (TPSA) is 13.0 Å². The molecule has 0 bridgehead atoms. The first kappa shape index (κ1) is 53.0. The highest BCUT2D eigenvalue weighted by atomic mass is 28.4. The minimum atomic E-state index is -4.11. The van der Waals surface area contributed by atoms with E-state index in [2.05, 4.69) is 382 Å². The lowest BCUT2D eigenvalue weighted by Crippen LogP contribution is -2.76. The summed E-state index contributed by atoms with van der Waals surface area (Å²) in [5, 5.41) is 0. The van der Waals surface area contributed by atoms with E-state index in [1.165, 1.54) is 22.3 Å². The third-order valence-corrected chi connectivity index (χ3v) is 22.1. The highest BCUT2D eigenvalue weighted by molar-refractivity contribution is 6.99. The Kier molecular flexibility index (Phi) is 13.5. The van der Waals surface area contributed by atoms with Crippen LogP contribution in [0.15, 0.2) is 364 Å². The van der Waals surface area contributed by atoms with Crippen LogP contribution in [0.1, 0.15) is 0 Å². The molecule has 0 unspecified atom stereocenters. The van der Waals surface area contributed by atoms with Crippen LogP contribution < -0.4 is 18.3 Å². The van der Waals surface area contributed by atoms with Crippen molar-refractivity contribution in [1.29, 1.82) is 0 Å². The van der Waals surface area contributed by atoms with Crippen molar-refractivity contribution in [2.45, 2.75) is 0 Å². The summed E-state index contributed by atoms with van der Waals surface area (Å²) in [6.07, 6.45) is 0. The van der Waals surface area contributed by atoms with Crippen molar-refractivity contribution in [3.05, 3.63) is 364 Å². The van der Waals surface area contributed by atoms with Crippen molar-refractivity contribution < 1.29 is 0 Å². The standard InChI is InChI=1S/C84H60N4Si/c1-9-25-61(26-10-1)65-41-49-73(50-42-65)85-81-57-77(69-33-17-5-18-34-69)78(70-35-19-6-20-36-70)58-82(81)86(74-51-43-66(44-52-74)62-27-11-2-12-28-62)89(85)87(75-53-45-67(46-54-75)63-29-13-3-14-30-63)83-59-79(71-37-21-7-22-38-71)80(72-39-23-8-24-40-72)60-84(83)88(89)76-55-47-68(48-56-76)64-31-15-4-16-32-64/h1-60H. The maximum atomic E-state index is 2.78. The summed E-state index contributed by atoms with van der Waals surface area (Å²) in [4.78, 5) is 0. The Morgan fingerprint density at radius 2 is 0.292 bits per heavy atom. The Morgan fingerprint density at radius 1 is 0.146 bits per heavy atom. The number of rotatable bonds is 12. The zero-order chi connectivity index (χ0) is 59.1. The second-order valence-corrected chi connectivity index (χ2v) is 25.8. The van der Waals surface area contributed by atoms with Gasteiger partial charge < -0.3 is 18.3 Å². The first-order valence-corrected chi connectivity index (χ1v) is 32.4. The zero-order valence-electron chi connectivity index (χ0n) is 48.9. The first-order valence-electron chi connectivity index (χ1n) is 30.6. The number of hydrogen-bond acceptors (Lipinski definition) is 4. The molecule has 16 rings (SSSR count). The van der Waals surface area contributed by atoms with Gasteiger partial charge in [0.1, 0.15) is 0 Å². The summed E-state index contributed by atoms with van der Waals surface area (Å²) in [6.45, 7) is 0. The van der Waals surface area contributed by atoms with Gasteiger partial charge in [-0.15, -0.1) is 0 Å². The Bertz CT molecular complexity index is 4150. The number of nitrogens with zero attached hydrogens (tertiary/aromatic N) is 4. The fourth-order valence-corrected chi connectivity index (χ4v) is 18.7. The van der Waals surface area contributed by atoms with Gasteiger partial charge in [0.2, 0.25) is 0 Å². The van der Waals surface area contributed by atoms with Crippen LogP contribution in [-0.4, -0.2) is 8.72 Å². The van der Waals surface area contributed by atoms with E-state index in [4.69, 9.17) is 0 Å². The number of hydrogen-bond donors (Lipinski definition) is 0. The maximum absolute atomic E-state index is 4.11. The molecule has 89 heavy (non-hydrogen) atoms. The van der Waals surface area contributed by atoms with Crippen molar-refractivity contribution >= 4 is 54.2 Å². The van der Waals surface area contributed by atoms with Crippen LogP contribution in [0.25, 0.3) is 89.0 Å².